The molecule has 0 amide bonds. The Balaban J connectivity index is 1.81. The van der Waals surface area contributed by atoms with Crippen molar-refractivity contribution in [3.05, 3.63) is 47.1 Å². The van der Waals surface area contributed by atoms with Gasteiger partial charge in [0.1, 0.15) is 5.60 Å². The molecule has 4 aliphatic rings. The van der Waals surface area contributed by atoms with Gasteiger partial charge in [0.05, 0.1) is 0 Å². The van der Waals surface area contributed by atoms with E-state index in [2.05, 4.69) is 0 Å². The number of esters is 1. The molecule has 0 bridgehead atoms. The van der Waals surface area contributed by atoms with E-state index >= 15 is 0 Å². The van der Waals surface area contributed by atoms with Crippen LogP contribution in [-0.4, -0.2) is 40.6 Å². The number of allylic oxidation sites excluding steroid dienone is 8. The largest absolute Gasteiger partial charge is 0.458 e. The molecule has 0 heterocycles. The summed E-state index contributed by atoms with van der Waals surface area (Å²) in [6, 6.07) is 0. The number of carbonyl (C=O) groups excluding carboxylic acids is 4. The molecule has 6 heteroatoms. The number of Topliss-reactive ketones (excluding diaryl/α,β-unsaturated/α-hetero) is 2. The summed E-state index contributed by atoms with van der Waals surface area (Å²) in [6.07, 6.45) is 9.10. The maximum atomic E-state index is 13.5. The number of rotatable bonds is 3. The monoisotopic (exact) mass is 410 g/mol. The molecule has 0 saturated heterocycles. The Hall–Kier alpha value is -2.60. The molecule has 0 spiro atoms. The molecular weight excluding hydrogens is 384 g/mol. The first kappa shape index (κ1) is 20.7. The van der Waals surface area contributed by atoms with Crippen molar-refractivity contribution in [2.45, 2.75) is 46.1 Å². The van der Waals surface area contributed by atoms with E-state index < -0.39 is 40.7 Å². The lowest BCUT2D eigenvalue weighted by molar-refractivity contribution is -0.167. The maximum absolute atomic E-state index is 13.5. The van der Waals surface area contributed by atoms with E-state index in [9.17, 15) is 24.3 Å². The van der Waals surface area contributed by atoms with E-state index in [1.54, 1.807) is 26.0 Å². The summed E-state index contributed by atoms with van der Waals surface area (Å²) < 4.78 is 4.88. The zero-order valence-corrected chi connectivity index (χ0v) is 17.7. The Bertz CT molecular complexity index is 1010. The van der Waals surface area contributed by atoms with Crippen molar-refractivity contribution in [2.75, 3.05) is 6.61 Å². The second kappa shape index (κ2) is 6.45. The van der Waals surface area contributed by atoms with Gasteiger partial charge in [-0.1, -0.05) is 32.1 Å². The van der Waals surface area contributed by atoms with Crippen LogP contribution in [0, 0.1) is 22.7 Å². The van der Waals surface area contributed by atoms with Crippen LogP contribution in [0.4, 0.5) is 0 Å². The Labute approximate surface area is 175 Å². The molecular formula is C24H26O6. The molecule has 0 aromatic heterocycles. The highest BCUT2D eigenvalue weighted by Crippen LogP contribution is 2.64. The zero-order chi connectivity index (χ0) is 22.1. The lowest BCUT2D eigenvalue weighted by atomic mass is 9.54. The first-order valence-corrected chi connectivity index (χ1v) is 10.3. The zero-order valence-electron chi connectivity index (χ0n) is 17.7. The van der Waals surface area contributed by atoms with Crippen LogP contribution in [0.2, 0.25) is 0 Å². The minimum atomic E-state index is -1.77. The Morgan fingerprint density at radius 2 is 1.90 bits per heavy atom. The molecule has 1 fully saturated rings. The normalized spacial score (nSPS) is 39.3. The number of ketones is 3. The average molecular weight is 410 g/mol. The Morgan fingerprint density at radius 1 is 1.20 bits per heavy atom. The van der Waals surface area contributed by atoms with Gasteiger partial charge in [-0.2, -0.15) is 0 Å². The summed E-state index contributed by atoms with van der Waals surface area (Å²) in [4.78, 5) is 49.5. The number of aliphatic hydroxyl groups is 1. The molecule has 5 atom stereocenters. The van der Waals surface area contributed by atoms with Crippen molar-refractivity contribution >= 4 is 23.3 Å². The topological polar surface area (TPSA) is 97.7 Å². The van der Waals surface area contributed by atoms with E-state index in [0.717, 1.165) is 11.1 Å². The van der Waals surface area contributed by atoms with E-state index in [1.165, 1.54) is 13.0 Å². The average Bonchev–Trinajstić information content (AvgIpc) is 2.87. The highest BCUT2D eigenvalue weighted by molar-refractivity contribution is 6.07. The fourth-order valence-electron chi connectivity index (χ4n) is 6.08. The van der Waals surface area contributed by atoms with Gasteiger partial charge in [0.15, 0.2) is 18.2 Å². The van der Waals surface area contributed by atoms with Crippen molar-refractivity contribution in [2.24, 2.45) is 22.7 Å². The Kier molecular flexibility index (Phi) is 4.44. The summed E-state index contributed by atoms with van der Waals surface area (Å²) in [5, 5.41) is 11.6. The molecule has 4 rings (SSSR count). The van der Waals surface area contributed by atoms with Gasteiger partial charge in [0, 0.05) is 29.7 Å². The molecule has 0 unspecified atom stereocenters. The number of fused-ring (bicyclic) bond motifs is 4. The lowest BCUT2D eigenvalue weighted by Gasteiger charge is -2.49. The van der Waals surface area contributed by atoms with E-state index in [4.69, 9.17) is 4.74 Å². The van der Waals surface area contributed by atoms with Crippen LogP contribution in [0.3, 0.4) is 0 Å². The van der Waals surface area contributed by atoms with Crippen molar-refractivity contribution < 1.29 is 29.0 Å². The van der Waals surface area contributed by atoms with Crippen LogP contribution in [0.15, 0.2) is 47.1 Å². The third kappa shape index (κ3) is 2.52. The molecule has 0 aromatic carbocycles. The van der Waals surface area contributed by atoms with Gasteiger partial charge in [-0.15, -0.1) is 0 Å². The maximum Gasteiger partial charge on any atom is 0.303 e. The molecule has 6 nitrogen and oxygen atoms in total. The number of ether oxygens (including phenoxy) is 1. The van der Waals surface area contributed by atoms with Gasteiger partial charge in [-0.25, -0.2) is 0 Å². The summed E-state index contributed by atoms with van der Waals surface area (Å²) >= 11 is 0. The van der Waals surface area contributed by atoms with Crippen LogP contribution in [0.1, 0.15) is 40.5 Å². The third-order valence-corrected chi connectivity index (χ3v) is 7.68. The van der Waals surface area contributed by atoms with Gasteiger partial charge in [0.25, 0.3) is 0 Å². The molecule has 4 aliphatic carbocycles. The molecule has 30 heavy (non-hydrogen) atoms. The minimum absolute atomic E-state index is 0.0155. The highest BCUT2D eigenvalue weighted by Gasteiger charge is 2.67. The van der Waals surface area contributed by atoms with Crippen LogP contribution in [0.25, 0.3) is 0 Å². The summed E-state index contributed by atoms with van der Waals surface area (Å²) in [5.41, 5.74) is -1.22. The summed E-state index contributed by atoms with van der Waals surface area (Å²) in [5.74, 6) is -2.01. The molecule has 0 aromatic rings. The predicted molar refractivity (Wildman–Crippen MR) is 108 cm³/mol. The highest BCUT2D eigenvalue weighted by atomic mass is 16.5. The predicted octanol–water partition coefficient (Wildman–Crippen LogP) is 2.42. The standard InChI is InChI=1S/C24H26O6/c1-13-9-18-17-6-5-15-10-16(26)7-8-22(15,3)21(17)19(27)11-23(18,4)24(13,29)20(28)12-30-14(2)25/h5-8,10,13,18,29H,9,11-12H2,1-4H3/t13-,18+,22+,23+,24+/m1/s1. The van der Waals surface area contributed by atoms with Crippen molar-refractivity contribution in [1.29, 1.82) is 0 Å². The smallest absolute Gasteiger partial charge is 0.303 e. The molecule has 1 N–H and O–H groups in total. The van der Waals surface area contributed by atoms with Crippen molar-refractivity contribution in [3.63, 3.8) is 0 Å². The number of hydrogen-bond acceptors (Lipinski definition) is 6. The Morgan fingerprint density at radius 3 is 2.57 bits per heavy atom. The van der Waals surface area contributed by atoms with E-state index in [-0.39, 0.29) is 23.9 Å². The second-order valence-electron chi connectivity index (χ2n) is 9.38. The fourth-order valence-corrected chi connectivity index (χ4v) is 6.08. The van der Waals surface area contributed by atoms with Gasteiger partial charge in [-0.05, 0) is 48.5 Å². The fraction of sp³-hybridized carbons (Fsp3) is 0.500. The van der Waals surface area contributed by atoms with Crippen molar-refractivity contribution in [3.8, 4) is 0 Å². The molecule has 158 valence electrons. The second-order valence-corrected chi connectivity index (χ2v) is 9.38. The van der Waals surface area contributed by atoms with Gasteiger partial charge < -0.3 is 9.84 Å². The van der Waals surface area contributed by atoms with Crippen LogP contribution in [-0.2, 0) is 23.9 Å². The molecule has 0 radical (unpaired) electrons. The van der Waals surface area contributed by atoms with Crippen molar-refractivity contribution in [1.82, 2.24) is 0 Å². The number of hydrogen-bond donors (Lipinski definition) is 1. The van der Waals surface area contributed by atoms with Crippen LogP contribution >= 0.6 is 0 Å². The first-order valence-electron chi connectivity index (χ1n) is 10.3. The summed E-state index contributed by atoms with van der Waals surface area (Å²) in [6.45, 7) is 6.22. The third-order valence-electron chi connectivity index (χ3n) is 7.68. The lowest BCUT2D eigenvalue weighted by Crippen LogP contribution is -2.58. The SMILES string of the molecule is CC(=O)OCC(=O)[C@@]1(O)[C@H](C)C[C@H]2C3=C(C(=O)C[C@@]21C)[C@@]1(C)C=CC(=O)C=C1C=C3. The van der Waals surface area contributed by atoms with E-state index in [1.807, 2.05) is 19.1 Å². The van der Waals surface area contributed by atoms with Gasteiger partial charge >= 0.3 is 5.97 Å². The van der Waals surface area contributed by atoms with Gasteiger partial charge in [0.2, 0.25) is 5.78 Å². The van der Waals surface area contributed by atoms with E-state index in [0.29, 0.717) is 12.0 Å². The van der Waals surface area contributed by atoms with Crippen LogP contribution in [0.5, 0.6) is 0 Å². The summed E-state index contributed by atoms with van der Waals surface area (Å²) in [7, 11) is 0. The molecule has 0 aliphatic heterocycles. The molecule has 1 saturated carbocycles. The van der Waals surface area contributed by atoms with Gasteiger partial charge in [-0.3, -0.25) is 19.2 Å². The number of carbonyl (C=O) groups is 4. The van der Waals surface area contributed by atoms with Crippen LogP contribution < -0.4 is 0 Å². The quantitative estimate of drug-likeness (QED) is 0.718. The minimum Gasteiger partial charge on any atom is -0.458 e. The first-order chi connectivity index (χ1) is 13.9.